The third kappa shape index (κ3) is 4.32. The summed E-state index contributed by atoms with van der Waals surface area (Å²) in [5.74, 6) is -0.112. The van der Waals surface area contributed by atoms with Crippen molar-refractivity contribution in [3.05, 3.63) is 35.4 Å². The minimum absolute atomic E-state index is 0.0832. The third-order valence-corrected chi connectivity index (χ3v) is 3.93. The molecule has 2 rings (SSSR count). The lowest BCUT2D eigenvalue weighted by molar-refractivity contribution is -0.150. The highest BCUT2D eigenvalue weighted by molar-refractivity contribution is 6.00. The lowest BCUT2D eigenvalue weighted by Crippen LogP contribution is -2.43. The van der Waals surface area contributed by atoms with Crippen LogP contribution < -0.4 is 0 Å². The minimum Gasteiger partial charge on any atom is -0.464 e. The second kappa shape index (κ2) is 8.11. The summed E-state index contributed by atoms with van der Waals surface area (Å²) in [5.41, 5.74) is 1.66. The smallest absolute Gasteiger partial charge is 0.328 e. The molecule has 1 amide bonds. The summed E-state index contributed by atoms with van der Waals surface area (Å²) in [5, 5.41) is 0. The minimum atomic E-state index is -0.530. The summed E-state index contributed by atoms with van der Waals surface area (Å²) in [4.78, 5) is 26.7. The molecule has 0 saturated heterocycles. The number of methoxy groups -OCH3 is 1. The number of esters is 1. The molecule has 5 heteroatoms. The Balaban J connectivity index is 2.07. The molecule has 1 atom stereocenters. The Bertz CT molecular complexity index is 556. The fraction of sp³-hybridized carbons (Fsp3) is 0.556. The number of nitrogens with zero attached hydrogens (tertiary/aromatic N) is 1. The summed E-state index contributed by atoms with van der Waals surface area (Å²) in [6, 6.07) is 6.98. The van der Waals surface area contributed by atoms with Crippen molar-refractivity contribution in [3.63, 3.8) is 0 Å². The molecule has 1 unspecified atom stereocenters. The largest absolute Gasteiger partial charge is 0.464 e. The second-order valence-electron chi connectivity index (χ2n) is 6.25. The first-order valence-electron chi connectivity index (χ1n) is 8.09. The molecule has 1 aromatic rings. The number of hydrogen-bond acceptors (Lipinski definition) is 4. The zero-order valence-electron chi connectivity index (χ0n) is 14.1. The number of carbonyl (C=O) groups is 2. The Morgan fingerprint density at radius 3 is 2.65 bits per heavy atom. The van der Waals surface area contributed by atoms with Gasteiger partial charge in [-0.3, -0.25) is 4.79 Å². The summed E-state index contributed by atoms with van der Waals surface area (Å²) >= 11 is 0. The molecule has 1 aromatic carbocycles. The molecule has 0 bridgehead atoms. The van der Waals surface area contributed by atoms with Gasteiger partial charge in [-0.25, -0.2) is 4.79 Å². The van der Waals surface area contributed by atoms with Gasteiger partial charge < -0.3 is 14.4 Å². The van der Waals surface area contributed by atoms with Crippen LogP contribution in [0.25, 0.3) is 0 Å². The average molecular weight is 319 g/mol. The number of hydrogen-bond donors (Lipinski definition) is 0. The van der Waals surface area contributed by atoms with Crippen LogP contribution in [0.1, 0.15) is 42.6 Å². The number of fused-ring (bicyclic) bond motifs is 1. The highest BCUT2D eigenvalue weighted by atomic mass is 16.5. The molecule has 1 aliphatic heterocycles. The van der Waals surface area contributed by atoms with Crippen LogP contribution in [0.3, 0.4) is 0 Å². The molecular formula is C18H25NO4. The van der Waals surface area contributed by atoms with Gasteiger partial charge in [-0.2, -0.15) is 0 Å². The van der Waals surface area contributed by atoms with E-state index in [0.717, 1.165) is 5.56 Å². The predicted molar refractivity (Wildman–Crippen MR) is 87.0 cm³/mol. The van der Waals surface area contributed by atoms with Gasteiger partial charge >= 0.3 is 5.97 Å². The summed E-state index contributed by atoms with van der Waals surface area (Å²) in [7, 11) is 1.61. The molecule has 23 heavy (non-hydrogen) atoms. The van der Waals surface area contributed by atoms with Crippen LogP contribution in [0.15, 0.2) is 24.3 Å². The summed E-state index contributed by atoms with van der Waals surface area (Å²) in [6.07, 6.45) is 1.26. The summed E-state index contributed by atoms with van der Waals surface area (Å²) in [6.45, 7) is 5.42. The Labute approximate surface area is 137 Å². The molecule has 5 nitrogen and oxygen atoms in total. The highest BCUT2D eigenvalue weighted by Gasteiger charge is 2.37. The van der Waals surface area contributed by atoms with Crippen molar-refractivity contribution < 1.29 is 19.1 Å². The number of benzene rings is 1. The molecule has 1 aliphatic rings. The van der Waals surface area contributed by atoms with Gasteiger partial charge in [0.05, 0.1) is 6.61 Å². The van der Waals surface area contributed by atoms with E-state index in [-0.39, 0.29) is 11.9 Å². The van der Waals surface area contributed by atoms with Crippen LogP contribution in [0, 0.1) is 5.92 Å². The van der Waals surface area contributed by atoms with Crippen molar-refractivity contribution in [2.45, 2.75) is 39.3 Å². The first-order chi connectivity index (χ1) is 11.0. The lowest BCUT2D eigenvalue weighted by Gasteiger charge is -2.27. The van der Waals surface area contributed by atoms with Gasteiger partial charge in [0.25, 0.3) is 5.91 Å². The van der Waals surface area contributed by atoms with E-state index < -0.39 is 6.04 Å². The van der Waals surface area contributed by atoms with E-state index in [1.165, 1.54) is 0 Å². The van der Waals surface area contributed by atoms with Crippen LogP contribution >= 0.6 is 0 Å². The first-order valence-corrected chi connectivity index (χ1v) is 8.09. The fourth-order valence-electron chi connectivity index (χ4n) is 2.80. The molecule has 0 fully saturated rings. The zero-order valence-corrected chi connectivity index (χ0v) is 14.1. The predicted octanol–water partition coefficient (Wildman–Crippen LogP) is 2.64. The molecule has 0 radical (unpaired) electrons. The maximum atomic E-state index is 12.6. The number of ether oxygens (including phenoxy) is 2. The molecular weight excluding hydrogens is 294 g/mol. The maximum absolute atomic E-state index is 12.6. The third-order valence-electron chi connectivity index (χ3n) is 3.93. The SMILES string of the molecule is COCCCOC(=O)C(CC(C)C)N1Cc2ccccc2C1=O. The lowest BCUT2D eigenvalue weighted by atomic mass is 10.0. The monoisotopic (exact) mass is 319 g/mol. The van der Waals surface area contributed by atoms with E-state index in [2.05, 4.69) is 0 Å². The maximum Gasteiger partial charge on any atom is 0.328 e. The van der Waals surface area contributed by atoms with Crippen LogP contribution in [-0.4, -0.2) is 43.1 Å². The zero-order chi connectivity index (χ0) is 16.8. The highest BCUT2D eigenvalue weighted by Crippen LogP contribution is 2.27. The van der Waals surface area contributed by atoms with E-state index in [1.54, 1.807) is 12.0 Å². The number of carbonyl (C=O) groups excluding carboxylic acids is 2. The topological polar surface area (TPSA) is 55.8 Å². The first kappa shape index (κ1) is 17.5. The van der Waals surface area contributed by atoms with Crippen molar-refractivity contribution in [2.75, 3.05) is 20.3 Å². The van der Waals surface area contributed by atoms with Gasteiger partial charge in [-0.1, -0.05) is 32.0 Å². The van der Waals surface area contributed by atoms with Crippen molar-refractivity contribution in [3.8, 4) is 0 Å². The van der Waals surface area contributed by atoms with E-state index >= 15 is 0 Å². The average Bonchev–Trinajstić information content (AvgIpc) is 2.86. The van der Waals surface area contributed by atoms with Gasteiger partial charge in [0.15, 0.2) is 0 Å². The normalized spacial score (nSPS) is 15.0. The molecule has 0 aromatic heterocycles. The molecule has 0 aliphatic carbocycles. The Kier molecular flexibility index (Phi) is 6.16. The number of rotatable bonds is 8. The van der Waals surface area contributed by atoms with Gasteiger partial charge in [0, 0.05) is 32.2 Å². The molecule has 1 heterocycles. The van der Waals surface area contributed by atoms with Crippen LogP contribution in [0.4, 0.5) is 0 Å². The van der Waals surface area contributed by atoms with E-state index in [9.17, 15) is 9.59 Å². The Morgan fingerprint density at radius 1 is 1.26 bits per heavy atom. The van der Waals surface area contributed by atoms with Gasteiger partial charge in [-0.05, 0) is 24.0 Å². The van der Waals surface area contributed by atoms with Crippen molar-refractivity contribution in [1.29, 1.82) is 0 Å². The van der Waals surface area contributed by atoms with Crippen LogP contribution in [0.5, 0.6) is 0 Å². The van der Waals surface area contributed by atoms with Gasteiger partial charge in [-0.15, -0.1) is 0 Å². The van der Waals surface area contributed by atoms with Crippen molar-refractivity contribution >= 4 is 11.9 Å². The molecule has 126 valence electrons. The molecule has 0 N–H and O–H groups in total. The molecule has 0 saturated carbocycles. The van der Waals surface area contributed by atoms with Crippen molar-refractivity contribution in [1.82, 2.24) is 4.90 Å². The van der Waals surface area contributed by atoms with E-state index in [1.807, 2.05) is 38.1 Å². The van der Waals surface area contributed by atoms with Crippen molar-refractivity contribution in [2.24, 2.45) is 5.92 Å². The Morgan fingerprint density at radius 2 is 2.00 bits per heavy atom. The van der Waals surface area contributed by atoms with Gasteiger partial charge in [0.2, 0.25) is 0 Å². The van der Waals surface area contributed by atoms with Crippen LogP contribution in [0.2, 0.25) is 0 Å². The number of amides is 1. The van der Waals surface area contributed by atoms with E-state index in [0.29, 0.717) is 44.1 Å². The quantitative estimate of drug-likeness (QED) is 0.546. The fourth-order valence-corrected chi connectivity index (χ4v) is 2.80. The van der Waals surface area contributed by atoms with E-state index in [4.69, 9.17) is 9.47 Å². The van der Waals surface area contributed by atoms with Crippen LogP contribution in [-0.2, 0) is 20.8 Å². The summed E-state index contributed by atoms with van der Waals surface area (Å²) < 4.78 is 10.3. The second-order valence-corrected chi connectivity index (χ2v) is 6.25. The van der Waals surface area contributed by atoms with Gasteiger partial charge in [0.1, 0.15) is 6.04 Å². The molecule has 0 spiro atoms. The Hall–Kier alpha value is -1.88. The standard InChI is InChI=1S/C18H25NO4/c1-13(2)11-16(18(21)23-10-6-9-22-3)19-12-14-7-4-5-8-15(14)17(19)20/h4-5,7-8,13,16H,6,9-12H2,1-3H3.